The largest absolute Gasteiger partial charge is 0.514 e. The molecule has 3 atom stereocenters. The number of carbonyl (C=O) groups is 1. The Labute approximate surface area is 168 Å². The highest BCUT2D eigenvalue weighted by Crippen LogP contribution is 2.40. The second kappa shape index (κ2) is 7.73. The molecule has 0 spiro atoms. The van der Waals surface area contributed by atoms with Crippen LogP contribution in [0, 0.1) is 16.0 Å². The molecule has 3 rings (SSSR count). The van der Waals surface area contributed by atoms with E-state index in [1.807, 2.05) is 38.4 Å². The Morgan fingerprint density at radius 3 is 2.48 bits per heavy atom. The maximum Gasteiger partial charge on any atom is 0.514 e. The van der Waals surface area contributed by atoms with Crippen LogP contribution in [-0.4, -0.2) is 27.0 Å². The van der Waals surface area contributed by atoms with Crippen molar-refractivity contribution in [2.75, 3.05) is 5.73 Å². The molecule has 0 amide bonds. The fourth-order valence-electron chi connectivity index (χ4n) is 3.65. The number of carbonyl (C=O) groups excluding carboxylic acids is 1. The summed E-state index contributed by atoms with van der Waals surface area (Å²) in [5.41, 5.74) is 6.73. The summed E-state index contributed by atoms with van der Waals surface area (Å²) >= 11 is 0. The van der Waals surface area contributed by atoms with Crippen LogP contribution in [0.4, 0.5) is 16.3 Å². The van der Waals surface area contributed by atoms with Gasteiger partial charge in [0.1, 0.15) is 17.7 Å². The number of nitro benzene ring substituents is 1. The number of benzene rings is 1. The van der Waals surface area contributed by atoms with Gasteiger partial charge in [0.2, 0.25) is 0 Å². The van der Waals surface area contributed by atoms with Crippen LogP contribution in [0.3, 0.4) is 0 Å². The van der Waals surface area contributed by atoms with Gasteiger partial charge in [0, 0.05) is 24.1 Å². The van der Waals surface area contributed by atoms with E-state index >= 15 is 0 Å². The standard InChI is InChI=1S/C20H26N4O5/c1-12-9-13(16-11-18(21)23(22-16)20(2,3)4)10-17(12)29-19(25)28-15-7-5-14(6-8-15)24(26)27/h5-8,11-13,17H,9-10,21H2,1-4H3/t12-,13+,17+/m1/s1. The Morgan fingerprint density at radius 2 is 1.93 bits per heavy atom. The van der Waals surface area contributed by atoms with Gasteiger partial charge >= 0.3 is 6.16 Å². The van der Waals surface area contributed by atoms with Crippen molar-refractivity contribution in [1.29, 1.82) is 0 Å². The van der Waals surface area contributed by atoms with E-state index in [4.69, 9.17) is 15.2 Å². The number of rotatable bonds is 4. The van der Waals surface area contributed by atoms with Crippen LogP contribution < -0.4 is 10.5 Å². The molecule has 1 aliphatic carbocycles. The topological polar surface area (TPSA) is 123 Å². The Balaban J connectivity index is 1.61. The highest BCUT2D eigenvalue weighted by molar-refractivity contribution is 5.64. The number of non-ortho nitro benzene ring substituents is 1. The Bertz CT molecular complexity index is 901. The normalized spacial score (nSPS) is 21.7. The molecular weight excluding hydrogens is 376 g/mol. The van der Waals surface area contributed by atoms with E-state index in [-0.39, 0.29) is 34.9 Å². The van der Waals surface area contributed by atoms with Gasteiger partial charge in [0.15, 0.2) is 0 Å². The first-order valence-corrected chi connectivity index (χ1v) is 9.53. The average molecular weight is 402 g/mol. The second-order valence-corrected chi connectivity index (χ2v) is 8.48. The molecule has 1 saturated carbocycles. The van der Waals surface area contributed by atoms with Crippen LogP contribution in [-0.2, 0) is 10.3 Å². The molecule has 1 aliphatic rings. The van der Waals surface area contributed by atoms with Crippen LogP contribution in [0.1, 0.15) is 52.1 Å². The highest BCUT2D eigenvalue weighted by atomic mass is 16.7. The third-order valence-electron chi connectivity index (χ3n) is 5.11. The van der Waals surface area contributed by atoms with E-state index in [9.17, 15) is 14.9 Å². The molecule has 0 radical (unpaired) electrons. The Hall–Kier alpha value is -3.10. The van der Waals surface area contributed by atoms with Crippen molar-refractivity contribution in [2.45, 2.75) is 58.1 Å². The number of aromatic nitrogens is 2. The highest BCUT2D eigenvalue weighted by Gasteiger charge is 2.37. The summed E-state index contributed by atoms with van der Waals surface area (Å²) in [5, 5.41) is 15.4. The van der Waals surface area contributed by atoms with Gasteiger partial charge in [0.05, 0.1) is 16.2 Å². The maximum atomic E-state index is 12.1. The zero-order valence-electron chi connectivity index (χ0n) is 17.0. The molecular formula is C20H26N4O5. The molecule has 0 aliphatic heterocycles. The predicted octanol–water partition coefficient (Wildman–Crippen LogP) is 4.23. The lowest BCUT2D eigenvalue weighted by Crippen LogP contribution is -2.25. The van der Waals surface area contributed by atoms with Crippen molar-refractivity contribution in [3.63, 3.8) is 0 Å². The molecule has 0 saturated heterocycles. The third-order valence-corrected chi connectivity index (χ3v) is 5.11. The summed E-state index contributed by atoms with van der Waals surface area (Å²) in [6.07, 6.45) is 0.343. The van der Waals surface area contributed by atoms with Crippen molar-refractivity contribution in [2.24, 2.45) is 5.92 Å². The number of nitrogens with two attached hydrogens (primary N) is 1. The molecule has 1 fully saturated rings. The number of nitro groups is 1. The van der Waals surface area contributed by atoms with Crippen LogP contribution in [0.5, 0.6) is 5.75 Å². The lowest BCUT2D eigenvalue weighted by Gasteiger charge is -2.20. The number of nitrogens with zero attached hydrogens (tertiary/aromatic N) is 3. The summed E-state index contributed by atoms with van der Waals surface area (Å²) in [7, 11) is 0. The number of hydrogen-bond acceptors (Lipinski definition) is 7. The van der Waals surface area contributed by atoms with Gasteiger partial charge in [-0.2, -0.15) is 5.10 Å². The van der Waals surface area contributed by atoms with Gasteiger partial charge in [-0.1, -0.05) is 6.92 Å². The van der Waals surface area contributed by atoms with E-state index in [0.29, 0.717) is 12.2 Å². The monoisotopic (exact) mass is 402 g/mol. The summed E-state index contributed by atoms with van der Waals surface area (Å²) in [4.78, 5) is 22.3. The molecule has 1 heterocycles. The Kier molecular flexibility index (Phi) is 5.50. The lowest BCUT2D eigenvalue weighted by molar-refractivity contribution is -0.384. The molecule has 1 aromatic carbocycles. The molecule has 2 N–H and O–H groups in total. The summed E-state index contributed by atoms with van der Waals surface area (Å²) in [6.45, 7) is 8.14. The van der Waals surface area contributed by atoms with E-state index in [0.717, 1.165) is 12.1 Å². The molecule has 0 bridgehead atoms. The summed E-state index contributed by atoms with van der Waals surface area (Å²) in [6, 6.07) is 7.16. The fourth-order valence-corrected chi connectivity index (χ4v) is 3.65. The minimum atomic E-state index is -0.823. The first-order chi connectivity index (χ1) is 13.5. The zero-order valence-corrected chi connectivity index (χ0v) is 17.0. The minimum absolute atomic E-state index is 0.0769. The van der Waals surface area contributed by atoms with Gasteiger partial charge < -0.3 is 15.2 Å². The molecule has 2 aromatic rings. The van der Waals surface area contributed by atoms with Crippen LogP contribution in [0.15, 0.2) is 30.3 Å². The van der Waals surface area contributed by atoms with Crippen LogP contribution in [0.2, 0.25) is 0 Å². The van der Waals surface area contributed by atoms with E-state index < -0.39 is 11.1 Å². The maximum absolute atomic E-state index is 12.1. The van der Waals surface area contributed by atoms with E-state index in [1.165, 1.54) is 24.3 Å². The van der Waals surface area contributed by atoms with Gasteiger partial charge in [-0.05, 0) is 51.7 Å². The van der Waals surface area contributed by atoms with Crippen LogP contribution in [0.25, 0.3) is 0 Å². The predicted molar refractivity (Wildman–Crippen MR) is 107 cm³/mol. The molecule has 29 heavy (non-hydrogen) atoms. The number of ether oxygens (including phenoxy) is 2. The quantitative estimate of drug-likeness (QED) is 0.351. The first kappa shape index (κ1) is 20.6. The van der Waals surface area contributed by atoms with Gasteiger partial charge in [-0.25, -0.2) is 9.48 Å². The van der Waals surface area contributed by atoms with Gasteiger partial charge in [-0.15, -0.1) is 0 Å². The number of anilines is 1. The molecule has 1 aromatic heterocycles. The van der Waals surface area contributed by atoms with Crippen molar-refractivity contribution in [3.05, 3.63) is 46.1 Å². The van der Waals surface area contributed by atoms with E-state index in [1.54, 1.807) is 0 Å². The molecule has 156 valence electrons. The molecule has 9 nitrogen and oxygen atoms in total. The van der Waals surface area contributed by atoms with Crippen LogP contribution >= 0.6 is 0 Å². The van der Waals surface area contributed by atoms with E-state index in [2.05, 4.69) is 5.10 Å². The minimum Gasteiger partial charge on any atom is -0.430 e. The first-order valence-electron chi connectivity index (χ1n) is 9.53. The molecule has 9 heteroatoms. The number of hydrogen-bond donors (Lipinski definition) is 1. The molecule has 0 unspecified atom stereocenters. The zero-order chi connectivity index (χ0) is 21.3. The fraction of sp³-hybridized carbons (Fsp3) is 0.500. The van der Waals surface area contributed by atoms with Crippen molar-refractivity contribution < 1.29 is 19.2 Å². The summed E-state index contributed by atoms with van der Waals surface area (Å²) in [5.74, 6) is 1.10. The summed E-state index contributed by atoms with van der Waals surface area (Å²) < 4.78 is 12.5. The van der Waals surface area contributed by atoms with Gasteiger partial charge in [0.25, 0.3) is 5.69 Å². The van der Waals surface area contributed by atoms with Gasteiger partial charge in [-0.3, -0.25) is 10.1 Å². The second-order valence-electron chi connectivity index (χ2n) is 8.48. The number of nitrogen functional groups attached to an aromatic ring is 1. The SMILES string of the molecule is C[C@@H]1C[C@H](c2cc(N)n(C(C)(C)C)n2)C[C@@H]1OC(=O)Oc1ccc([N+](=O)[O-])cc1. The average Bonchev–Trinajstić information content (AvgIpc) is 3.18. The smallest absolute Gasteiger partial charge is 0.430 e. The third kappa shape index (κ3) is 4.67. The van der Waals surface area contributed by atoms with Crippen molar-refractivity contribution in [3.8, 4) is 5.75 Å². The van der Waals surface area contributed by atoms with Crippen molar-refractivity contribution >= 4 is 17.7 Å². The Morgan fingerprint density at radius 1 is 1.28 bits per heavy atom. The van der Waals surface area contributed by atoms with Crippen molar-refractivity contribution in [1.82, 2.24) is 9.78 Å². The lowest BCUT2D eigenvalue weighted by atomic mass is 10.0.